The molecule has 2 rings (SSSR count). The monoisotopic (exact) mass is 321 g/mol. The number of halogens is 1. The van der Waals surface area contributed by atoms with Gasteiger partial charge in [-0.05, 0) is 19.1 Å². The first-order valence-electron chi connectivity index (χ1n) is 6.73. The zero-order chi connectivity index (χ0) is 16.3. The van der Waals surface area contributed by atoms with Gasteiger partial charge < -0.3 is 4.52 Å². The van der Waals surface area contributed by atoms with E-state index in [1.54, 1.807) is 31.2 Å². The third kappa shape index (κ3) is 3.28. The van der Waals surface area contributed by atoms with E-state index in [0.717, 1.165) is 0 Å². The number of hydrogen-bond donors (Lipinski definition) is 2. The standard InChI is InChI=1S/C15H16ClN3O3/c1-8(2)13-12(9(3)19-22-13)15(21)18-17-14(20)10-6-4-5-7-11(10)16/h4-8H,1-3H3,(H,17,20)(H,18,21). The average molecular weight is 322 g/mol. The summed E-state index contributed by atoms with van der Waals surface area (Å²) < 4.78 is 5.14. The molecule has 2 N–H and O–H groups in total. The van der Waals surface area contributed by atoms with E-state index in [1.165, 1.54) is 0 Å². The summed E-state index contributed by atoms with van der Waals surface area (Å²) in [6.45, 7) is 5.44. The minimum absolute atomic E-state index is 0.00113. The van der Waals surface area contributed by atoms with Crippen molar-refractivity contribution in [2.24, 2.45) is 0 Å². The number of carbonyl (C=O) groups excluding carboxylic acids is 2. The molecule has 22 heavy (non-hydrogen) atoms. The highest BCUT2D eigenvalue weighted by Crippen LogP contribution is 2.21. The van der Waals surface area contributed by atoms with Crippen LogP contribution in [0.4, 0.5) is 0 Å². The van der Waals surface area contributed by atoms with Gasteiger partial charge in [0.2, 0.25) is 0 Å². The predicted octanol–water partition coefficient (Wildman–Crippen LogP) is 2.83. The van der Waals surface area contributed by atoms with E-state index < -0.39 is 11.8 Å². The molecule has 0 unspecified atom stereocenters. The Morgan fingerprint density at radius 3 is 2.45 bits per heavy atom. The van der Waals surface area contributed by atoms with Crippen LogP contribution in [0.15, 0.2) is 28.8 Å². The Morgan fingerprint density at radius 2 is 1.82 bits per heavy atom. The summed E-state index contributed by atoms with van der Waals surface area (Å²) in [7, 11) is 0. The Labute approximate surface area is 132 Å². The Bertz CT molecular complexity index is 710. The van der Waals surface area contributed by atoms with Crippen LogP contribution in [-0.2, 0) is 0 Å². The summed E-state index contributed by atoms with van der Waals surface area (Å²) in [6, 6.07) is 6.56. The van der Waals surface area contributed by atoms with E-state index in [0.29, 0.717) is 22.0 Å². The minimum atomic E-state index is -0.501. The van der Waals surface area contributed by atoms with E-state index in [1.807, 2.05) is 13.8 Å². The van der Waals surface area contributed by atoms with Crippen LogP contribution in [0.3, 0.4) is 0 Å². The average Bonchev–Trinajstić information content (AvgIpc) is 2.87. The van der Waals surface area contributed by atoms with Gasteiger partial charge in [0, 0.05) is 5.92 Å². The fourth-order valence-corrected chi connectivity index (χ4v) is 2.17. The molecule has 0 atom stereocenters. The number of aryl methyl sites for hydroxylation is 1. The maximum Gasteiger partial charge on any atom is 0.275 e. The van der Waals surface area contributed by atoms with Crippen molar-refractivity contribution in [2.45, 2.75) is 26.7 Å². The lowest BCUT2D eigenvalue weighted by atomic mass is 10.0. The van der Waals surface area contributed by atoms with Crippen LogP contribution in [0, 0.1) is 6.92 Å². The maximum absolute atomic E-state index is 12.2. The molecular formula is C15H16ClN3O3. The molecule has 1 aromatic heterocycles. The molecule has 2 aromatic rings. The van der Waals surface area contributed by atoms with Gasteiger partial charge in [-0.3, -0.25) is 20.4 Å². The van der Waals surface area contributed by atoms with Crippen LogP contribution in [0.2, 0.25) is 5.02 Å². The van der Waals surface area contributed by atoms with Crippen molar-refractivity contribution in [1.29, 1.82) is 0 Å². The summed E-state index contributed by atoms with van der Waals surface area (Å²) >= 11 is 5.93. The van der Waals surface area contributed by atoms with Gasteiger partial charge >= 0.3 is 0 Å². The van der Waals surface area contributed by atoms with Crippen LogP contribution >= 0.6 is 11.6 Å². The van der Waals surface area contributed by atoms with Gasteiger partial charge in [0.15, 0.2) is 5.76 Å². The number of amides is 2. The molecule has 0 bridgehead atoms. The first-order valence-corrected chi connectivity index (χ1v) is 7.11. The molecule has 0 radical (unpaired) electrons. The SMILES string of the molecule is Cc1noc(C(C)C)c1C(=O)NNC(=O)c1ccccc1Cl. The number of hydrazine groups is 1. The zero-order valence-electron chi connectivity index (χ0n) is 12.4. The van der Waals surface area contributed by atoms with Crippen LogP contribution < -0.4 is 10.9 Å². The largest absolute Gasteiger partial charge is 0.360 e. The molecule has 0 fully saturated rings. The second kappa shape index (κ2) is 6.62. The van der Waals surface area contributed by atoms with Crippen molar-refractivity contribution >= 4 is 23.4 Å². The number of rotatable bonds is 3. The molecule has 1 heterocycles. The molecule has 0 spiro atoms. The Morgan fingerprint density at radius 1 is 1.18 bits per heavy atom. The second-order valence-corrected chi connectivity index (χ2v) is 5.46. The molecule has 116 valence electrons. The molecule has 7 heteroatoms. The normalized spacial score (nSPS) is 10.6. The molecule has 6 nitrogen and oxygen atoms in total. The van der Waals surface area contributed by atoms with Crippen molar-refractivity contribution in [2.75, 3.05) is 0 Å². The fraction of sp³-hybridized carbons (Fsp3) is 0.267. The zero-order valence-corrected chi connectivity index (χ0v) is 13.2. The van der Waals surface area contributed by atoms with Crippen molar-refractivity contribution in [3.8, 4) is 0 Å². The quantitative estimate of drug-likeness (QED) is 0.851. The van der Waals surface area contributed by atoms with Crippen molar-refractivity contribution in [3.63, 3.8) is 0 Å². The Balaban J connectivity index is 2.09. The molecule has 1 aromatic carbocycles. The van der Waals surface area contributed by atoms with Gasteiger partial charge in [-0.25, -0.2) is 0 Å². The Hall–Kier alpha value is -2.34. The fourth-order valence-electron chi connectivity index (χ4n) is 1.95. The summed E-state index contributed by atoms with van der Waals surface area (Å²) in [5.41, 5.74) is 5.75. The topological polar surface area (TPSA) is 84.2 Å². The predicted molar refractivity (Wildman–Crippen MR) is 81.7 cm³/mol. The van der Waals surface area contributed by atoms with Crippen molar-refractivity contribution in [3.05, 3.63) is 51.9 Å². The number of nitrogens with one attached hydrogen (secondary N) is 2. The molecule has 0 aliphatic rings. The van der Waals surface area contributed by atoms with Crippen LogP contribution in [-0.4, -0.2) is 17.0 Å². The minimum Gasteiger partial charge on any atom is -0.360 e. The van der Waals surface area contributed by atoms with Gasteiger partial charge in [-0.1, -0.05) is 42.7 Å². The van der Waals surface area contributed by atoms with Gasteiger partial charge in [0.25, 0.3) is 11.8 Å². The molecule has 0 saturated carbocycles. The van der Waals surface area contributed by atoms with Gasteiger partial charge in [0.1, 0.15) is 5.56 Å². The van der Waals surface area contributed by atoms with E-state index in [9.17, 15) is 9.59 Å². The van der Waals surface area contributed by atoms with Crippen molar-refractivity contribution in [1.82, 2.24) is 16.0 Å². The van der Waals surface area contributed by atoms with E-state index in [-0.39, 0.29) is 11.5 Å². The van der Waals surface area contributed by atoms with Gasteiger partial charge in [-0.2, -0.15) is 0 Å². The lowest BCUT2D eigenvalue weighted by molar-refractivity contribution is 0.0845. The number of benzene rings is 1. The first-order chi connectivity index (χ1) is 10.4. The lowest BCUT2D eigenvalue weighted by Gasteiger charge is -2.09. The third-order valence-electron chi connectivity index (χ3n) is 3.05. The van der Waals surface area contributed by atoms with E-state index >= 15 is 0 Å². The molecule has 0 saturated heterocycles. The number of hydrogen-bond acceptors (Lipinski definition) is 4. The molecule has 0 aliphatic carbocycles. The van der Waals surface area contributed by atoms with Crippen LogP contribution in [0.25, 0.3) is 0 Å². The maximum atomic E-state index is 12.2. The lowest BCUT2D eigenvalue weighted by Crippen LogP contribution is -2.42. The summed E-state index contributed by atoms with van der Waals surface area (Å²) in [6.07, 6.45) is 0. The molecular weight excluding hydrogens is 306 g/mol. The van der Waals surface area contributed by atoms with Gasteiger partial charge in [0.05, 0.1) is 16.3 Å². The first kappa shape index (κ1) is 16.0. The smallest absolute Gasteiger partial charge is 0.275 e. The highest BCUT2D eigenvalue weighted by molar-refractivity contribution is 6.33. The highest BCUT2D eigenvalue weighted by atomic mass is 35.5. The third-order valence-corrected chi connectivity index (χ3v) is 3.38. The van der Waals surface area contributed by atoms with Crippen molar-refractivity contribution < 1.29 is 14.1 Å². The number of aromatic nitrogens is 1. The van der Waals surface area contributed by atoms with E-state index in [4.69, 9.17) is 16.1 Å². The highest BCUT2D eigenvalue weighted by Gasteiger charge is 2.23. The van der Waals surface area contributed by atoms with E-state index in [2.05, 4.69) is 16.0 Å². The molecule has 2 amide bonds. The Kier molecular flexibility index (Phi) is 4.82. The summed E-state index contributed by atoms with van der Waals surface area (Å²) in [4.78, 5) is 24.2. The summed E-state index contributed by atoms with van der Waals surface area (Å²) in [5, 5.41) is 4.09. The molecule has 0 aliphatic heterocycles. The van der Waals surface area contributed by atoms with Crippen LogP contribution in [0.5, 0.6) is 0 Å². The second-order valence-electron chi connectivity index (χ2n) is 5.05. The summed E-state index contributed by atoms with van der Waals surface area (Å²) in [5.74, 6) is -0.509. The van der Waals surface area contributed by atoms with Gasteiger partial charge in [-0.15, -0.1) is 0 Å². The van der Waals surface area contributed by atoms with Crippen LogP contribution in [0.1, 0.15) is 51.9 Å². The number of carbonyl (C=O) groups is 2. The number of nitrogens with zero attached hydrogens (tertiary/aromatic N) is 1.